The molecule has 0 fully saturated rings. The first-order valence-electron chi connectivity index (χ1n) is 5.80. The fourth-order valence-electron chi connectivity index (χ4n) is 2.07. The Balaban J connectivity index is 2.32. The number of aromatic nitrogens is 1. The Hall–Kier alpha value is -0.670. The van der Waals surface area contributed by atoms with Gasteiger partial charge >= 0.3 is 0 Å². The summed E-state index contributed by atoms with van der Waals surface area (Å²) in [6.07, 6.45) is 4.01. The van der Waals surface area contributed by atoms with Crippen molar-refractivity contribution in [2.24, 2.45) is 0 Å². The number of thiazole rings is 1. The highest BCUT2D eigenvalue weighted by Crippen LogP contribution is 2.34. The third-order valence-electron chi connectivity index (χ3n) is 3.29. The number of hydrogen-bond donors (Lipinski definition) is 0. The first kappa shape index (κ1) is 12.8. The molecule has 1 unspecified atom stereocenters. The lowest BCUT2D eigenvalue weighted by Crippen LogP contribution is -2.30. The van der Waals surface area contributed by atoms with E-state index in [-0.39, 0.29) is 5.41 Å². The van der Waals surface area contributed by atoms with Gasteiger partial charge in [-0.15, -0.1) is 11.3 Å². The topological polar surface area (TPSA) is 12.9 Å². The predicted molar refractivity (Wildman–Crippen MR) is 78.0 cm³/mol. The molecule has 3 heteroatoms. The van der Waals surface area contributed by atoms with Crippen molar-refractivity contribution in [2.45, 2.75) is 25.2 Å². The Morgan fingerprint density at radius 2 is 2.06 bits per heavy atom. The van der Waals surface area contributed by atoms with Crippen LogP contribution in [0, 0.1) is 0 Å². The highest BCUT2D eigenvalue weighted by Gasteiger charge is 2.30. The molecule has 1 aromatic carbocycles. The molecule has 2 aromatic rings. The molecule has 0 aliphatic rings. The third-order valence-corrected chi connectivity index (χ3v) is 5.14. The van der Waals surface area contributed by atoms with E-state index in [1.165, 1.54) is 10.6 Å². The minimum Gasteiger partial charge on any atom is -0.250 e. The molecule has 0 amide bonds. The van der Waals surface area contributed by atoms with Gasteiger partial charge in [-0.3, -0.25) is 0 Å². The monoisotopic (exact) mass is 309 g/mol. The Morgan fingerprint density at radius 3 is 2.59 bits per heavy atom. The largest absolute Gasteiger partial charge is 0.250 e. The lowest BCUT2D eigenvalue weighted by atomic mass is 9.77. The molecule has 0 aliphatic carbocycles. The molecule has 0 N–H and O–H groups in total. The van der Waals surface area contributed by atoms with Crippen molar-refractivity contribution in [2.75, 3.05) is 5.33 Å². The van der Waals surface area contributed by atoms with Gasteiger partial charge in [-0.1, -0.05) is 53.2 Å². The molecule has 0 aliphatic heterocycles. The summed E-state index contributed by atoms with van der Waals surface area (Å²) < 4.78 is 0. The zero-order valence-corrected chi connectivity index (χ0v) is 12.3. The predicted octanol–water partition coefficient (Wildman–Crippen LogP) is 4.43. The van der Waals surface area contributed by atoms with Gasteiger partial charge in [-0.05, 0) is 12.0 Å². The van der Waals surface area contributed by atoms with Crippen LogP contribution in [0.2, 0.25) is 0 Å². The standard InChI is InChI=1S/C14H16BrNS/c1-2-14(11-15,10-13-16-8-9-17-13)12-6-4-3-5-7-12/h3-9H,2,10-11H2,1H3. The summed E-state index contributed by atoms with van der Waals surface area (Å²) in [5.74, 6) is 0. The van der Waals surface area contributed by atoms with Crippen LogP contribution in [0.5, 0.6) is 0 Å². The molecule has 0 saturated carbocycles. The highest BCUT2D eigenvalue weighted by atomic mass is 79.9. The normalized spacial score (nSPS) is 14.5. The first-order chi connectivity index (χ1) is 8.30. The van der Waals surface area contributed by atoms with Gasteiger partial charge in [0.25, 0.3) is 0 Å². The van der Waals surface area contributed by atoms with Crippen molar-refractivity contribution >= 4 is 27.3 Å². The number of alkyl halides is 1. The summed E-state index contributed by atoms with van der Waals surface area (Å²) in [5, 5.41) is 4.24. The van der Waals surface area contributed by atoms with Crippen LogP contribution < -0.4 is 0 Å². The van der Waals surface area contributed by atoms with Gasteiger partial charge in [0.1, 0.15) is 0 Å². The fourth-order valence-corrected chi connectivity index (χ4v) is 3.75. The van der Waals surface area contributed by atoms with Crippen LogP contribution in [-0.4, -0.2) is 10.3 Å². The van der Waals surface area contributed by atoms with Crippen molar-refractivity contribution in [3.05, 3.63) is 52.5 Å². The van der Waals surface area contributed by atoms with E-state index in [9.17, 15) is 0 Å². The third kappa shape index (κ3) is 2.78. The average Bonchev–Trinajstić information content (AvgIpc) is 2.90. The average molecular weight is 310 g/mol. The molecule has 0 bridgehead atoms. The number of halogens is 1. The van der Waals surface area contributed by atoms with E-state index in [2.05, 4.69) is 63.5 Å². The zero-order valence-electron chi connectivity index (χ0n) is 9.90. The van der Waals surface area contributed by atoms with Gasteiger partial charge in [0, 0.05) is 28.7 Å². The van der Waals surface area contributed by atoms with Crippen LogP contribution in [0.15, 0.2) is 41.9 Å². The number of nitrogens with zero attached hydrogens (tertiary/aromatic N) is 1. The van der Waals surface area contributed by atoms with E-state index in [1.54, 1.807) is 11.3 Å². The molecule has 2 rings (SSSR count). The second-order valence-electron chi connectivity index (χ2n) is 4.24. The Bertz CT molecular complexity index is 435. The van der Waals surface area contributed by atoms with Crippen molar-refractivity contribution < 1.29 is 0 Å². The molecule has 1 heterocycles. The van der Waals surface area contributed by atoms with E-state index in [0.29, 0.717) is 0 Å². The summed E-state index contributed by atoms with van der Waals surface area (Å²) in [6, 6.07) is 10.7. The van der Waals surface area contributed by atoms with E-state index in [1.807, 2.05) is 6.20 Å². The molecule has 0 spiro atoms. The maximum Gasteiger partial charge on any atom is 0.0933 e. The van der Waals surface area contributed by atoms with Gasteiger partial charge in [-0.25, -0.2) is 4.98 Å². The Kier molecular flexibility index (Phi) is 4.35. The van der Waals surface area contributed by atoms with Crippen molar-refractivity contribution in [3.63, 3.8) is 0 Å². The van der Waals surface area contributed by atoms with Crippen molar-refractivity contribution in [1.82, 2.24) is 4.98 Å². The van der Waals surface area contributed by atoms with Crippen LogP contribution in [0.3, 0.4) is 0 Å². The molecule has 1 nitrogen and oxygen atoms in total. The van der Waals surface area contributed by atoms with Crippen LogP contribution in [0.1, 0.15) is 23.9 Å². The van der Waals surface area contributed by atoms with Gasteiger partial charge in [0.2, 0.25) is 0 Å². The minimum absolute atomic E-state index is 0.166. The molecule has 0 saturated heterocycles. The zero-order chi connectivity index (χ0) is 12.1. The highest BCUT2D eigenvalue weighted by molar-refractivity contribution is 9.09. The molecule has 90 valence electrons. The van der Waals surface area contributed by atoms with Crippen molar-refractivity contribution in [1.29, 1.82) is 0 Å². The molecule has 17 heavy (non-hydrogen) atoms. The Morgan fingerprint density at radius 1 is 1.29 bits per heavy atom. The molecule has 0 radical (unpaired) electrons. The van der Waals surface area contributed by atoms with Crippen LogP contribution in [0.25, 0.3) is 0 Å². The van der Waals surface area contributed by atoms with Crippen LogP contribution >= 0.6 is 27.3 Å². The number of hydrogen-bond acceptors (Lipinski definition) is 2. The molecular formula is C14H16BrNS. The second-order valence-corrected chi connectivity index (χ2v) is 5.78. The number of benzene rings is 1. The van der Waals surface area contributed by atoms with Gasteiger partial charge in [-0.2, -0.15) is 0 Å². The summed E-state index contributed by atoms with van der Waals surface area (Å²) >= 11 is 5.44. The summed E-state index contributed by atoms with van der Waals surface area (Å²) in [4.78, 5) is 4.42. The van der Waals surface area contributed by atoms with Crippen molar-refractivity contribution in [3.8, 4) is 0 Å². The van der Waals surface area contributed by atoms with E-state index in [0.717, 1.165) is 18.2 Å². The Labute approximate surface area is 115 Å². The fraction of sp³-hybridized carbons (Fsp3) is 0.357. The first-order valence-corrected chi connectivity index (χ1v) is 7.81. The lowest BCUT2D eigenvalue weighted by Gasteiger charge is -2.30. The smallest absolute Gasteiger partial charge is 0.0933 e. The van der Waals surface area contributed by atoms with E-state index < -0.39 is 0 Å². The summed E-state index contributed by atoms with van der Waals surface area (Å²) in [7, 11) is 0. The molecular weight excluding hydrogens is 294 g/mol. The van der Waals surface area contributed by atoms with Crippen LogP contribution in [-0.2, 0) is 11.8 Å². The maximum absolute atomic E-state index is 4.42. The quantitative estimate of drug-likeness (QED) is 0.745. The van der Waals surface area contributed by atoms with Gasteiger partial charge in [0.05, 0.1) is 5.01 Å². The van der Waals surface area contributed by atoms with Gasteiger partial charge in [0.15, 0.2) is 0 Å². The SMILES string of the molecule is CCC(CBr)(Cc1nccs1)c1ccccc1. The van der Waals surface area contributed by atoms with E-state index >= 15 is 0 Å². The lowest BCUT2D eigenvalue weighted by molar-refractivity contribution is 0.463. The summed E-state index contributed by atoms with van der Waals surface area (Å²) in [6.45, 7) is 2.25. The second kappa shape index (κ2) is 5.78. The maximum atomic E-state index is 4.42. The van der Waals surface area contributed by atoms with Crippen LogP contribution in [0.4, 0.5) is 0 Å². The van der Waals surface area contributed by atoms with Gasteiger partial charge < -0.3 is 0 Å². The minimum atomic E-state index is 0.166. The molecule has 1 aromatic heterocycles. The number of rotatable bonds is 5. The summed E-state index contributed by atoms with van der Waals surface area (Å²) in [5.41, 5.74) is 1.56. The molecule has 1 atom stereocenters. The van der Waals surface area contributed by atoms with E-state index in [4.69, 9.17) is 0 Å².